The summed E-state index contributed by atoms with van der Waals surface area (Å²) in [4.78, 5) is 0. The molecule has 4 nitrogen and oxygen atoms in total. The minimum absolute atomic E-state index is 0.225. The summed E-state index contributed by atoms with van der Waals surface area (Å²) in [7, 11) is -1.50. The molecular formula is C16H28N2O2S. The Morgan fingerprint density at radius 2 is 1.76 bits per heavy atom. The van der Waals surface area contributed by atoms with Crippen LogP contribution in [0.15, 0.2) is 24.3 Å². The minimum atomic E-state index is -3.16. The Morgan fingerprint density at radius 1 is 1.10 bits per heavy atom. The second-order valence-corrected chi connectivity index (χ2v) is 7.71. The van der Waals surface area contributed by atoms with Gasteiger partial charge in [0.15, 0.2) is 0 Å². The Balaban J connectivity index is 2.37. The largest absolute Gasteiger partial charge is 0.317 e. The van der Waals surface area contributed by atoms with E-state index >= 15 is 0 Å². The van der Waals surface area contributed by atoms with Gasteiger partial charge in [0, 0.05) is 13.6 Å². The van der Waals surface area contributed by atoms with Crippen molar-refractivity contribution in [2.75, 3.05) is 25.9 Å². The summed E-state index contributed by atoms with van der Waals surface area (Å²) in [6.07, 6.45) is 2.71. The fourth-order valence-corrected chi connectivity index (χ4v) is 3.27. The molecule has 0 saturated heterocycles. The molecule has 0 bridgehead atoms. The van der Waals surface area contributed by atoms with Gasteiger partial charge in [-0.1, -0.05) is 36.8 Å². The van der Waals surface area contributed by atoms with Crippen molar-refractivity contribution in [3.8, 4) is 0 Å². The third-order valence-electron chi connectivity index (χ3n) is 3.43. The number of hydrogen-bond donors (Lipinski definition) is 1. The van der Waals surface area contributed by atoms with Gasteiger partial charge in [-0.25, -0.2) is 12.7 Å². The Bertz CT molecular complexity index is 498. The number of unbranched alkanes of at least 4 members (excludes halogenated alkanes) is 1. The maximum Gasteiger partial charge on any atom is 0.214 e. The summed E-state index contributed by atoms with van der Waals surface area (Å²) in [5, 5.41) is 3.29. The topological polar surface area (TPSA) is 49.4 Å². The van der Waals surface area contributed by atoms with Gasteiger partial charge in [-0.05, 0) is 44.8 Å². The molecule has 0 aliphatic carbocycles. The average Bonchev–Trinajstić information content (AvgIpc) is 2.45. The highest BCUT2D eigenvalue weighted by atomic mass is 32.2. The third-order valence-corrected chi connectivity index (χ3v) is 5.32. The molecule has 0 unspecified atom stereocenters. The van der Waals surface area contributed by atoms with E-state index in [1.165, 1.54) is 9.87 Å². The molecule has 21 heavy (non-hydrogen) atoms. The molecule has 0 radical (unpaired) electrons. The lowest BCUT2D eigenvalue weighted by atomic mass is 10.1. The summed E-state index contributed by atoms with van der Waals surface area (Å²) in [6, 6.07) is 7.98. The summed E-state index contributed by atoms with van der Waals surface area (Å²) < 4.78 is 25.8. The Hall–Kier alpha value is -0.910. The monoisotopic (exact) mass is 312 g/mol. The summed E-state index contributed by atoms with van der Waals surface area (Å²) in [5.74, 6) is 0.225. The van der Waals surface area contributed by atoms with Gasteiger partial charge in [-0.15, -0.1) is 0 Å². The molecule has 0 heterocycles. The predicted molar refractivity (Wildman–Crippen MR) is 88.8 cm³/mol. The van der Waals surface area contributed by atoms with Gasteiger partial charge in [0.05, 0.1) is 5.75 Å². The second kappa shape index (κ2) is 9.18. The highest BCUT2D eigenvalue weighted by molar-refractivity contribution is 7.89. The molecule has 1 rings (SSSR count). The van der Waals surface area contributed by atoms with Crippen LogP contribution in [0.25, 0.3) is 0 Å². The van der Waals surface area contributed by atoms with Gasteiger partial charge in [0.2, 0.25) is 10.0 Å². The standard InChI is InChI=1S/C16H28N2O2S/c1-4-11-17-12-5-6-13-21(19,20)18(3)14-16-9-7-15(2)8-10-16/h7-10,17H,4-6,11-14H2,1-3H3. The van der Waals surface area contributed by atoms with Crippen LogP contribution in [0.1, 0.15) is 37.3 Å². The van der Waals surface area contributed by atoms with Crippen LogP contribution < -0.4 is 5.32 Å². The summed E-state index contributed by atoms with van der Waals surface area (Å²) in [6.45, 7) is 6.48. The van der Waals surface area contributed by atoms with Crippen molar-refractivity contribution in [1.29, 1.82) is 0 Å². The SMILES string of the molecule is CCCNCCCCS(=O)(=O)N(C)Cc1ccc(C)cc1. The van der Waals surface area contributed by atoms with E-state index in [-0.39, 0.29) is 5.75 Å². The van der Waals surface area contributed by atoms with Crippen LogP contribution >= 0.6 is 0 Å². The van der Waals surface area contributed by atoms with E-state index in [1.807, 2.05) is 31.2 Å². The fraction of sp³-hybridized carbons (Fsp3) is 0.625. The number of nitrogens with zero attached hydrogens (tertiary/aromatic N) is 1. The number of hydrogen-bond acceptors (Lipinski definition) is 3. The van der Waals surface area contributed by atoms with E-state index < -0.39 is 10.0 Å². The molecule has 0 aromatic heterocycles. The second-order valence-electron chi connectivity index (χ2n) is 5.51. The molecule has 0 fully saturated rings. The lowest BCUT2D eigenvalue weighted by Gasteiger charge is -2.17. The van der Waals surface area contributed by atoms with Crippen LogP contribution in [0.3, 0.4) is 0 Å². The zero-order valence-corrected chi connectivity index (χ0v) is 14.2. The van der Waals surface area contributed by atoms with Crippen LogP contribution in [-0.4, -0.2) is 38.6 Å². The van der Waals surface area contributed by atoms with E-state index in [2.05, 4.69) is 12.2 Å². The first-order valence-electron chi connectivity index (χ1n) is 7.66. The number of aryl methyl sites for hydroxylation is 1. The molecule has 0 saturated carbocycles. The van der Waals surface area contributed by atoms with Crippen molar-refractivity contribution in [1.82, 2.24) is 9.62 Å². The van der Waals surface area contributed by atoms with Gasteiger partial charge in [-0.3, -0.25) is 0 Å². The van der Waals surface area contributed by atoms with E-state index in [0.717, 1.165) is 31.5 Å². The smallest absolute Gasteiger partial charge is 0.214 e. The summed E-state index contributed by atoms with van der Waals surface area (Å²) >= 11 is 0. The van der Waals surface area contributed by atoms with E-state index in [0.29, 0.717) is 13.0 Å². The molecule has 0 amide bonds. The molecule has 0 aliphatic heterocycles. The average molecular weight is 312 g/mol. The van der Waals surface area contributed by atoms with Crippen LogP contribution in [0.2, 0.25) is 0 Å². The first kappa shape index (κ1) is 18.1. The Labute approximate surface area is 129 Å². The number of benzene rings is 1. The Morgan fingerprint density at radius 3 is 2.38 bits per heavy atom. The van der Waals surface area contributed by atoms with Gasteiger partial charge < -0.3 is 5.32 Å². The predicted octanol–water partition coefficient (Wildman–Crippen LogP) is 2.54. The molecule has 1 aromatic carbocycles. The van der Waals surface area contributed by atoms with Crippen molar-refractivity contribution < 1.29 is 8.42 Å². The zero-order chi connectivity index (χ0) is 15.7. The van der Waals surface area contributed by atoms with Crippen molar-refractivity contribution in [2.24, 2.45) is 0 Å². The molecule has 0 aliphatic rings. The van der Waals surface area contributed by atoms with E-state index in [1.54, 1.807) is 7.05 Å². The molecule has 0 atom stereocenters. The van der Waals surface area contributed by atoms with Gasteiger partial charge in [-0.2, -0.15) is 0 Å². The van der Waals surface area contributed by atoms with Gasteiger partial charge >= 0.3 is 0 Å². The fourth-order valence-electron chi connectivity index (χ4n) is 2.04. The number of rotatable bonds is 10. The molecule has 1 N–H and O–H groups in total. The third kappa shape index (κ3) is 7.07. The van der Waals surface area contributed by atoms with Crippen molar-refractivity contribution in [2.45, 2.75) is 39.7 Å². The van der Waals surface area contributed by atoms with E-state index in [9.17, 15) is 8.42 Å². The van der Waals surface area contributed by atoms with Crippen molar-refractivity contribution in [3.63, 3.8) is 0 Å². The number of sulfonamides is 1. The van der Waals surface area contributed by atoms with Crippen LogP contribution in [0.5, 0.6) is 0 Å². The Kier molecular flexibility index (Phi) is 7.93. The first-order valence-corrected chi connectivity index (χ1v) is 9.27. The quantitative estimate of drug-likeness (QED) is 0.676. The highest BCUT2D eigenvalue weighted by Gasteiger charge is 2.17. The maximum atomic E-state index is 12.2. The van der Waals surface area contributed by atoms with Crippen LogP contribution in [0.4, 0.5) is 0 Å². The van der Waals surface area contributed by atoms with Crippen LogP contribution in [0, 0.1) is 6.92 Å². The lowest BCUT2D eigenvalue weighted by molar-refractivity contribution is 0.464. The molecule has 0 spiro atoms. The van der Waals surface area contributed by atoms with Crippen LogP contribution in [-0.2, 0) is 16.6 Å². The normalized spacial score (nSPS) is 12.0. The van der Waals surface area contributed by atoms with Crippen molar-refractivity contribution in [3.05, 3.63) is 35.4 Å². The lowest BCUT2D eigenvalue weighted by Crippen LogP contribution is -2.29. The highest BCUT2D eigenvalue weighted by Crippen LogP contribution is 2.10. The van der Waals surface area contributed by atoms with Crippen molar-refractivity contribution >= 4 is 10.0 Å². The van der Waals surface area contributed by atoms with Gasteiger partial charge in [0.1, 0.15) is 0 Å². The first-order chi connectivity index (χ1) is 9.95. The van der Waals surface area contributed by atoms with E-state index in [4.69, 9.17) is 0 Å². The number of nitrogens with one attached hydrogen (secondary N) is 1. The molecule has 120 valence electrons. The molecule has 1 aromatic rings. The molecule has 5 heteroatoms. The minimum Gasteiger partial charge on any atom is -0.317 e. The molecular weight excluding hydrogens is 284 g/mol. The maximum absolute atomic E-state index is 12.2. The van der Waals surface area contributed by atoms with Gasteiger partial charge in [0.25, 0.3) is 0 Å². The summed E-state index contributed by atoms with van der Waals surface area (Å²) in [5.41, 5.74) is 2.21. The zero-order valence-electron chi connectivity index (χ0n) is 13.4.